The number of aromatic nitrogens is 3. The summed E-state index contributed by atoms with van der Waals surface area (Å²) in [4.78, 5) is 0. The summed E-state index contributed by atoms with van der Waals surface area (Å²) in [7, 11) is 0. The summed E-state index contributed by atoms with van der Waals surface area (Å²) in [5.74, 6) is 0. The van der Waals surface area contributed by atoms with Crippen LogP contribution in [0, 0.1) is 11.3 Å². The molecule has 0 saturated heterocycles. The average molecular weight is 196 g/mol. The van der Waals surface area contributed by atoms with Crippen LogP contribution in [0.25, 0.3) is 0 Å². The number of rotatable bonds is 4. The van der Waals surface area contributed by atoms with E-state index in [0.29, 0.717) is 12.1 Å². The molecule has 0 fully saturated rings. The van der Waals surface area contributed by atoms with Gasteiger partial charge in [0.2, 0.25) is 0 Å². The van der Waals surface area contributed by atoms with Crippen molar-refractivity contribution in [3.05, 3.63) is 11.4 Å². The minimum absolute atomic E-state index is 0.161. The second kappa shape index (κ2) is 4.69. The Morgan fingerprint density at radius 1 is 1.64 bits per heavy atom. The molecule has 0 radical (unpaired) electrons. The van der Waals surface area contributed by atoms with Crippen LogP contribution in [-0.2, 0) is 13.0 Å². The molecule has 1 unspecified atom stereocenters. The van der Waals surface area contributed by atoms with E-state index < -0.39 is 6.10 Å². The van der Waals surface area contributed by atoms with Gasteiger partial charge in [0, 0.05) is 0 Å². The van der Waals surface area contributed by atoms with Crippen molar-refractivity contribution >= 4 is 0 Å². The normalized spacial score (nSPS) is 12.4. The first kappa shape index (κ1) is 10.6. The molecular weight excluding hydrogens is 184 g/mol. The van der Waals surface area contributed by atoms with Gasteiger partial charge in [0.25, 0.3) is 0 Å². The van der Waals surface area contributed by atoms with E-state index >= 15 is 0 Å². The molecule has 76 valence electrons. The van der Waals surface area contributed by atoms with Crippen LogP contribution in [0.2, 0.25) is 0 Å². The summed E-state index contributed by atoms with van der Waals surface area (Å²) in [5.41, 5.74) is 0.956. The Bertz CT molecular complexity index is 342. The Labute approximate surface area is 81.4 Å². The van der Waals surface area contributed by atoms with Gasteiger partial charge in [0.15, 0.2) is 5.69 Å². The smallest absolute Gasteiger partial charge is 0.185 e. The van der Waals surface area contributed by atoms with Crippen molar-refractivity contribution in [3.8, 4) is 6.07 Å². The topological polar surface area (TPSA) is 95.0 Å². The number of nitrogens with zero attached hydrogens (tertiary/aromatic N) is 4. The fourth-order valence-corrected chi connectivity index (χ4v) is 1.17. The molecular formula is C8H12N4O2. The standard InChI is InChI=1S/C8H12N4O2/c1-2-8-7(3-9)10-11-12(8)4-6(14)5-13/h6,13-14H,2,4-5H2,1H3. The number of nitriles is 1. The average Bonchev–Trinajstić information content (AvgIpc) is 2.59. The van der Waals surface area contributed by atoms with Gasteiger partial charge in [-0.3, -0.25) is 0 Å². The molecule has 1 aromatic heterocycles. The molecule has 0 aliphatic heterocycles. The summed E-state index contributed by atoms with van der Waals surface area (Å²) >= 11 is 0. The van der Waals surface area contributed by atoms with Crippen LogP contribution in [0.5, 0.6) is 0 Å². The first-order chi connectivity index (χ1) is 6.72. The SMILES string of the molecule is CCc1c(C#N)nnn1CC(O)CO. The third-order valence-electron chi connectivity index (χ3n) is 1.87. The lowest BCUT2D eigenvalue weighted by atomic mass is 10.2. The molecule has 6 nitrogen and oxygen atoms in total. The molecule has 6 heteroatoms. The summed E-state index contributed by atoms with van der Waals surface area (Å²) < 4.78 is 1.44. The van der Waals surface area contributed by atoms with E-state index in [1.54, 1.807) is 0 Å². The van der Waals surface area contributed by atoms with Crippen molar-refractivity contribution < 1.29 is 10.2 Å². The lowest BCUT2D eigenvalue weighted by Crippen LogP contribution is -2.22. The van der Waals surface area contributed by atoms with Crippen molar-refractivity contribution in [2.75, 3.05) is 6.61 Å². The molecule has 0 amide bonds. The van der Waals surface area contributed by atoms with Crippen molar-refractivity contribution in [1.82, 2.24) is 15.0 Å². The van der Waals surface area contributed by atoms with Gasteiger partial charge >= 0.3 is 0 Å². The summed E-state index contributed by atoms with van der Waals surface area (Å²) in [6, 6.07) is 1.92. The Hall–Kier alpha value is -1.45. The van der Waals surface area contributed by atoms with Gasteiger partial charge in [-0.1, -0.05) is 12.1 Å². The molecule has 1 aromatic rings. The van der Waals surface area contributed by atoms with Crippen LogP contribution in [0.1, 0.15) is 18.3 Å². The lowest BCUT2D eigenvalue weighted by molar-refractivity contribution is 0.0771. The zero-order chi connectivity index (χ0) is 10.6. The summed E-state index contributed by atoms with van der Waals surface area (Å²) in [6.07, 6.45) is -0.248. The first-order valence-corrected chi connectivity index (χ1v) is 4.34. The van der Waals surface area contributed by atoms with Gasteiger partial charge in [-0.05, 0) is 6.42 Å². The molecule has 0 bridgehead atoms. The fourth-order valence-electron chi connectivity index (χ4n) is 1.17. The van der Waals surface area contributed by atoms with Crippen molar-refractivity contribution in [2.24, 2.45) is 0 Å². The first-order valence-electron chi connectivity index (χ1n) is 4.34. The number of hydrogen-bond donors (Lipinski definition) is 2. The summed E-state index contributed by atoms with van der Waals surface area (Å²) in [5, 5.41) is 33.9. The molecule has 1 rings (SSSR count). The maximum absolute atomic E-state index is 9.19. The zero-order valence-electron chi connectivity index (χ0n) is 7.88. The lowest BCUT2D eigenvalue weighted by Gasteiger charge is -2.08. The molecule has 14 heavy (non-hydrogen) atoms. The third-order valence-corrected chi connectivity index (χ3v) is 1.87. The highest BCUT2D eigenvalue weighted by atomic mass is 16.3. The molecule has 0 aliphatic carbocycles. The molecule has 0 saturated carbocycles. The van der Waals surface area contributed by atoms with Gasteiger partial charge < -0.3 is 10.2 Å². The Kier molecular flexibility index (Phi) is 3.56. The van der Waals surface area contributed by atoms with Crippen LogP contribution in [-0.4, -0.2) is 37.9 Å². The minimum Gasteiger partial charge on any atom is -0.394 e. The number of aliphatic hydroxyl groups is 2. The van der Waals surface area contributed by atoms with Gasteiger partial charge in [-0.15, -0.1) is 5.10 Å². The maximum atomic E-state index is 9.19. The van der Waals surface area contributed by atoms with Gasteiger partial charge in [0.1, 0.15) is 6.07 Å². The minimum atomic E-state index is -0.867. The maximum Gasteiger partial charge on any atom is 0.185 e. The number of hydrogen-bond acceptors (Lipinski definition) is 5. The quantitative estimate of drug-likeness (QED) is 0.648. The fraction of sp³-hybridized carbons (Fsp3) is 0.625. The molecule has 1 atom stereocenters. The highest BCUT2D eigenvalue weighted by molar-refractivity contribution is 5.24. The predicted molar refractivity (Wildman–Crippen MR) is 47.2 cm³/mol. The van der Waals surface area contributed by atoms with Crippen molar-refractivity contribution in [1.29, 1.82) is 5.26 Å². The highest BCUT2D eigenvalue weighted by Crippen LogP contribution is 2.05. The van der Waals surface area contributed by atoms with E-state index in [4.69, 9.17) is 10.4 Å². The summed E-state index contributed by atoms with van der Waals surface area (Å²) in [6.45, 7) is 1.71. The Balaban J connectivity index is 2.87. The van der Waals surface area contributed by atoms with Gasteiger partial charge in [-0.25, -0.2) is 4.68 Å². The van der Waals surface area contributed by atoms with Crippen LogP contribution in [0.4, 0.5) is 0 Å². The molecule has 0 spiro atoms. The van der Waals surface area contributed by atoms with E-state index in [9.17, 15) is 5.11 Å². The van der Waals surface area contributed by atoms with E-state index in [1.807, 2.05) is 13.0 Å². The van der Waals surface area contributed by atoms with Gasteiger partial charge in [-0.2, -0.15) is 5.26 Å². The van der Waals surface area contributed by atoms with E-state index in [2.05, 4.69) is 10.3 Å². The third kappa shape index (κ3) is 2.07. The Morgan fingerprint density at radius 2 is 2.36 bits per heavy atom. The molecule has 0 aromatic carbocycles. The number of aliphatic hydroxyl groups excluding tert-OH is 2. The van der Waals surface area contributed by atoms with Crippen LogP contribution < -0.4 is 0 Å². The van der Waals surface area contributed by atoms with Crippen LogP contribution >= 0.6 is 0 Å². The van der Waals surface area contributed by atoms with E-state index in [1.165, 1.54) is 4.68 Å². The molecule has 2 N–H and O–H groups in total. The highest BCUT2D eigenvalue weighted by Gasteiger charge is 2.12. The zero-order valence-corrected chi connectivity index (χ0v) is 7.88. The second-order valence-electron chi connectivity index (χ2n) is 2.87. The predicted octanol–water partition coefficient (Wildman–Crippen LogP) is -0.935. The largest absolute Gasteiger partial charge is 0.394 e. The van der Waals surface area contributed by atoms with Crippen LogP contribution in [0.3, 0.4) is 0 Å². The Morgan fingerprint density at radius 3 is 2.86 bits per heavy atom. The van der Waals surface area contributed by atoms with E-state index in [-0.39, 0.29) is 18.8 Å². The second-order valence-corrected chi connectivity index (χ2v) is 2.87. The van der Waals surface area contributed by atoms with Crippen molar-refractivity contribution in [2.45, 2.75) is 26.0 Å². The monoisotopic (exact) mass is 196 g/mol. The molecule has 0 aliphatic rings. The van der Waals surface area contributed by atoms with Crippen LogP contribution in [0.15, 0.2) is 0 Å². The van der Waals surface area contributed by atoms with E-state index in [0.717, 1.165) is 0 Å². The van der Waals surface area contributed by atoms with Crippen molar-refractivity contribution in [3.63, 3.8) is 0 Å². The molecule has 1 heterocycles. The van der Waals surface area contributed by atoms with Gasteiger partial charge in [0.05, 0.1) is 24.9 Å².